The molecule has 25 heavy (non-hydrogen) atoms. The second-order valence-electron chi connectivity index (χ2n) is 7.23. The number of hydrogen-bond donors (Lipinski definition) is 1. The van der Waals surface area contributed by atoms with E-state index in [4.69, 9.17) is 9.47 Å². The highest BCUT2D eigenvalue weighted by Gasteiger charge is 2.41. The summed E-state index contributed by atoms with van der Waals surface area (Å²) in [7, 11) is 0. The van der Waals surface area contributed by atoms with E-state index in [0.29, 0.717) is 38.3 Å². The monoisotopic (exact) mass is 342 g/mol. The SMILES string of the molecule is O=C(OCc1ccccc1)N1CCOC(CNC2CC3CC=CC32)C1. The van der Waals surface area contributed by atoms with Crippen molar-refractivity contribution in [3.8, 4) is 0 Å². The Hall–Kier alpha value is -1.85. The van der Waals surface area contributed by atoms with Crippen LogP contribution in [0.25, 0.3) is 0 Å². The molecule has 1 heterocycles. The summed E-state index contributed by atoms with van der Waals surface area (Å²) in [5.74, 6) is 1.56. The fourth-order valence-electron chi connectivity index (χ4n) is 4.05. The van der Waals surface area contributed by atoms with Crippen LogP contribution in [0.4, 0.5) is 4.79 Å². The van der Waals surface area contributed by atoms with E-state index in [9.17, 15) is 4.79 Å². The van der Waals surface area contributed by atoms with E-state index in [2.05, 4.69) is 17.5 Å². The predicted octanol–water partition coefficient (Wildman–Crippen LogP) is 2.58. The second kappa shape index (κ2) is 7.58. The first-order valence-corrected chi connectivity index (χ1v) is 9.27. The number of allylic oxidation sites excluding steroid dienone is 1. The van der Waals surface area contributed by atoms with E-state index in [1.54, 1.807) is 4.90 Å². The van der Waals surface area contributed by atoms with Crippen molar-refractivity contribution in [2.75, 3.05) is 26.2 Å². The lowest BCUT2D eigenvalue weighted by atomic mass is 9.71. The first-order chi connectivity index (χ1) is 12.3. The van der Waals surface area contributed by atoms with Gasteiger partial charge in [-0.1, -0.05) is 42.5 Å². The Labute approximate surface area is 149 Å². The minimum Gasteiger partial charge on any atom is -0.445 e. The molecule has 2 fully saturated rings. The topological polar surface area (TPSA) is 50.8 Å². The Balaban J connectivity index is 1.20. The molecule has 0 aromatic heterocycles. The van der Waals surface area contributed by atoms with Crippen molar-refractivity contribution in [2.24, 2.45) is 11.8 Å². The van der Waals surface area contributed by atoms with Crippen molar-refractivity contribution in [3.05, 3.63) is 48.0 Å². The van der Waals surface area contributed by atoms with Gasteiger partial charge in [-0.2, -0.15) is 0 Å². The molecule has 1 amide bonds. The molecule has 1 saturated heterocycles. The molecule has 5 nitrogen and oxygen atoms in total. The van der Waals surface area contributed by atoms with Crippen LogP contribution in [0.2, 0.25) is 0 Å². The number of benzene rings is 1. The van der Waals surface area contributed by atoms with Gasteiger partial charge < -0.3 is 19.7 Å². The number of fused-ring (bicyclic) bond motifs is 1. The number of carbonyl (C=O) groups excluding carboxylic acids is 1. The van der Waals surface area contributed by atoms with Gasteiger partial charge in [0, 0.05) is 19.1 Å². The zero-order valence-corrected chi connectivity index (χ0v) is 14.5. The molecule has 4 atom stereocenters. The molecule has 2 aliphatic carbocycles. The zero-order valence-electron chi connectivity index (χ0n) is 14.5. The third-order valence-electron chi connectivity index (χ3n) is 5.57. The highest BCUT2D eigenvalue weighted by molar-refractivity contribution is 5.67. The van der Waals surface area contributed by atoms with E-state index < -0.39 is 0 Å². The first-order valence-electron chi connectivity index (χ1n) is 9.27. The van der Waals surface area contributed by atoms with E-state index in [1.165, 1.54) is 12.8 Å². The van der Waals surface area contributed by atoms with Crippen molar-refractivity contribution in [3.63, 3.8) is 0 Å². The Morgan fingerprint density at radius 2 is 2.20 bits per heavy atom. The standard InChI is InChI=1S/C20H26N2O3/c23-20(25-14-15-5-2-1-3-6-15)22-9-10-24-17(13-22)12-21-19-11-16-7-4-8-18(16)19/h1-6,8,16-19,21H,7,9-14H2. The van der Waals surface area contributed by atoms with E-state index in [1.807, 2.05) is 30.3 Å². The van der Waals surface area contributed by atoms with Crippen LogP contribution in [0.1, 0.15) is 18.4 Å². The quantitative estimate of drug-likeness (QED) is 0.836. The summed E-state index contributed by atoms with van der Waals surface area (Å²) in [6.45, 7) is 2.88. The molecule has 134 valence electrons. The van der Waals surface area contributed by atoms with Gasteiger partial charge in [0.05, 0.1) is 19.3 Å². The van der Waals surface area contributed by atoms with Gasteiger partial charge in [-0.25, -0.2) is 4.79 Å². The molecule has 1 aromatic carbocycles. The molecule has 4 rings (SSSR count). The van der Waals surface area contributed by atoms with Crippen LogP contribution < -0.4 is 5.32 Å². The fraction of sp³-hybridized carbons (Fsp3) is 0.550. The van der Waals surface area contributed by atoms with Crippen LogP contribution in [0.3, 0.4) is 0 Å². The largest absolute Gasteiger partial charge is 0.445 e. The van der Waals surface area contributed by atoms with Crippen molar-refractivity contribution in [2.45, 2.75) is 31.6 Å². The van der Waals surface area contributed by atoms with E-state index in [-0.39, 0.29) is 12.2 Å². The maximum atomic E-state index is 12.3. The van der Waals surface area contributed by atoms with Gasteiger partial charge >= 0.3 is 6.09 Å². The minimum atomic E-state index is -0.250. The van der Waals surface area contributed by atoms with Crippen LogP contribution in [-0.4, -0.2) is 49.4 Å². The average molecular weight is 342 g/mol. The van der Waals surface area contributed by atoms with Crippen LogP contribution in [-0.2, 0) is 16.1 Å². The van der Waals surface area contributed by atoms with Crippen molar-refractivity contribution < 1.29 is 14.3 Å². The minimum absolute atomic E-state index is 0.0439. The molecule has 1 saturated carbocycles. The van der Waals surface area contributed by atoms with Gasteiger partial charge in [0.15, 0.2) is 0 Å². The summed E-state index contributed by atoms with van der Waals surface area (Å²) < 4.78 is 11.3. The summed E-state index contributed by atoms with van der Waals surface area (Å²) in [4.78, 5) is 14.1. The summed E-state index contributed by atoms with van der Waals surface area (Å²) in [5.41, 5.74) is 1.01. The summed E-state index contributed by atoms with van der Waals surface area (Å²) in [5, 5.41) is 3.62. The molecule has 4 unspecified atom stereocenters. The van der Waals surface area contributed by atoms with Gasteiger partial charge in [-0.05, 0) is 30.2 Å². The lowest BCUT2D eigenvalue weighted by Gasteiger charge is -2.42. The van der Waals surface area contributed by atoms with E-state index >= 15 is 0 Å². The van der Waals surface area contributed by atoms with Gasteiger partial charge in [0.2, 0.25) is 0 Å². The predicted molar refractivity (Wildman–Crippen MR) is 95.1 cm³/mol. The van der Waals surface area contributed by atoms with Crippen LogP contribution in [0.5, 0.6) is 0 Å². The molecule has 0 radical (unpaired) electrons. The Morgan fingerprint density at radius 1 is 1.32 bits per heavy atom. The van der Waals surface area contributed by atoms with Crippen molar-refractivity contribution in [1.82, 2.24) is 10.2 Å². The number of rotatable bonds is 5. The summed E-state index contributed by atoms with van der Waals surface area (Å²) in [6.07, 6.45) is 6.94. The second-order valence-corrected chi connectivity index (χ2v) is 7.23. The molecule has 0 bridgehead atoms. The number of nitrogens with one attached hydrogen (secondary N) is 1. The number of morpholine rings is 1. The molecular formula is C20H26N2O3. The highest BCUT2D eigenvalue weighted by Crippen LogP contribution is 2.42. The fourth-order valence-corrected chi connectivity index (χ4v) is 4.05. The lowest BCUT2D eigenvalue weighted by molar-refractivity contribution is -0.0308. The molecule has 0 spiro atoms. The van der Waals surface area contributed by atoms with Crippen molar-refractivity contribution >= 4 is 6.09 Å². The van der Waals surface area contributed by atoms with Crippen molar-refractivity contribution in [1.29, 1.82) is 0 Å². The molecular weight excluding hydrogens is 316 g/mol. The van der Waals surface area contributed by atoms with Gasteiger partial charge in [-0.3, -0.25) is 0 Å². The highest BCUT2D eigenvalue weighted by atomic mass is 16.6. The molecule has 1 aromatic rings. The molecule has 1 aliphatic heterocycles. The Kier molecular flexibility index (Phi) is 5.04. The average Bonchev–Trinajstić information content (AvgIpc) is 3.02. The number of nitrogens with zero attached hydrogens (tertiary/aromatic N) is 1. The Morgan fingerprint density at radius 3 is 3.04 bits per heavy atom. The lowest BCUT2D eigenvalue weighted by Crippen LogP contribution is -2.54. The van der Waals surface area contributed by atoms with Crippen LogP contribution in [0, 0.1) is 11.8 Å². The maximum absolute atomic E-state index is 12.3. The first kappa shape index (κ1) is 16.6. The number of carbonyl (C=O) groups is 1. The zero-order chi connectivity index (χ0) is 17.1. The Bertz CT molecular complexity index is 619. The number of hydrogen-bond acceptors (Lipinski definition) is 4. The van der Waals surface area contributed by atoms with E-state index in [0.717, 1.165) is 18.0 Å². The van der Waals surface area contributed by atoms with Gasteiger partial charge in [-0.15, -0.1) is 0 Å². The summed E-state index contributed by atoms with van der Waals surface area (Å²) in [6, 6.07) is 10.4. The van der Waals surface area contributed by atoms with Gasteiger partial charge in [0.1, 0.15) is 6.61 Å². The molecule has 3 aliphatic rings. The van der Waals surface area contributed by atoms with Gasteiger partial charge in [0.25, 0.3) is 0 Å². The number of amides is 1. The third kappa shape index (κ3) is 3.88. The normalized spacial score (nSPS) is 30.6. The molecule has 5 heteroatoms. The molecule has 1 N–H and O–H groups in total. The third-order valence-corrected chi connectivity index (χ3v) is 5.57. The number of ether oxygens (including phenoxy) is 2. The van der Waals surface area contributed by atoms with Crippen LogP contribution in [0.15, 0.2) is 42.5 Å². The van der Waals surface area contributed by atoms with Crippen LogP contribution >= 0.6 is 0 Å². The maximum Gasteiger partial charge on any atom is 0.410 e. The smallest absolute Gasteiger partial charge is 0.410 e. The summed E-state index contributed by atoms with van der Waals surface area (Å²) >= 11 is 0.